The SMILES string of the molecule is CCN(c1ccccc1)S(=O)(=O)c1cc(NC(=O)c2cccc(C)c2[N+](=O)[O-])ccc1Cl. The summed E-state index contributed by atoms with van der Waals surface area (Å²) in [6, 6.07) is 17.0. The zero-order valence-electron chi connectivity index (χ0n) is 17.3. The summed E-state index contributed by atoms with van der Waals surface area (Å²) in [5.41, 5.74) is 0.499. The van der Waals surface area contributed by atoms with E-state index in [9.17, 15) is 23.3 Å². The number of hydrogen-bond donors (Lipinski definition) is 1. The van der Waals surface area contributed by atoms with Crippen LogP contribution in [0, 0.1) is 17.0 Å². The van der Waals surface area contributed by atoms with Gasteiger partial charge in [0.15, 0.2) is 0 Å². The number of carbonyl (C=O) groups is 1. The highest BCUT2D eigenvalue weighted by Gasteiger charge is 2.27. The van der Waals surface area contributed by atoms with Crippen LogP contribution in [-0.4, -0.2) is 25.8 Å². The highest BCUT2D eigenvalue weighted by Crippen LogP contribution is 2.31. The Labute approximate surface area is 190 Å². The molecule has 8 nitrogen and oxygen atoms in total. The van der Waals surface area contributed by atoms with Crippen LogP contribution in [-0.2, 0) is 10.0 Å². The second-order valence-electron chi connectivity index (χ2n) is 6.83. The molecule has 10 heteroatoms. The fraction of sp³-hybridized carbons (Fsp3) is 0.136. The summed E-state index contributed by atoms with van der Waals surface area (Å²) in [5.74, 6) is -0.735. The lowest BCUT2D eigenvalue weighted by atomic mass is 10.1. The first-order chi connectivity index (χ1) is 15.2. The Morgan fingerprint density at radius 3 is 2.41 bits per heavy atom. The van der Waals surface area contributed by atoms with Crippen LogP contribution in [0.15, 0.2) is 71.6 Å². The molecule has 3 rings (SSSR count). The van der Waals surface area contributed by atoms with Gasteiger partial charge in [0.1, 0.15) is 10.5 Å². The molecule has 0 aliphatic carbocycles. The van der Waals surface area contributed by atoms with E-state index in [0.29, 0.717) is 11.3 Å². The van der Waals surface area contributed by atoms with Crippen molar-refractivity contribution in [3.05, 3.63) is 93.0 Å². The average molecular weight is 474 g/mol. The number of hydrogen-bond acceptors (Lipinski definition) is 5. The van der Waals surface area contributed by atoms with Gasteiger partial charge in [-0.2, -0.15) is 0 Å². The minimum Gasteiger partial charge on any atom is -0.322 e. The van der Waals surface area contributed by atoms with E-state index >= 15 is 0 Å². The Kier molecular flexibility index (Phi) is 6.81. The lowest BCUT2D eigenvalue weighted by molar-refractivity contribution is -0.385. The van der Waals surface area contributed by atoms with Gasteiger partial charge in [0, 0.05) is 17.8 Å². The van der Waals surface area contributed by atoms with Crippen LogP contribution in [0.2, 0.25) is 5.02 Å². The molecule has 0 fully saturated rings. The fourth-order valence-electron chi connectivity index (χ4n) is 3.27. The number of amides is 1. The molecule has 166 valence electrons. The number of aryl methyl sites for hydroxylation is 1. The average Bonchev–Trinajstić information content (AvgIpc) is 2.75. The number of anilines is 2. The first kappa shape index (κ1) is 23.2. The molecule has 3 aromatic carbocycles. The molecule has 0 aliphatic heterocycles. The van der Waals surface area contributed by atoms with Crippen LogP contribution in [0.1, 0.15) is 22.8 Å². The van der Waals surface area contributed by atoms with Gasteiger partial charge in [0.2, 0.25) is 0 Å². The predicted molar refractivity (Wildman–Crippen MR) is 124 cm³/mol. The van der Waals surface area contributed by atoms with Gasteiger partial charge in [-0.3, -0.25) is 19.2 Å². The van der Waals surface area contributed by atoms with Gasteiger partial charge in [-0.05, 0) is 50.2 Å². The van der Waals surface area contributed by atoms with Gasteiger partial charge < -0.3 is 5.32 Å². The Bertz CT molecular complexity index is 1280. The van der Waals surface area contributed by atoms with Crippen molar-refractivity contribution in [2.45, 2.75) is 18.7 Å². The zero-order chi connectivity index (χ0) is 23.5. The van der Waals surface area contributed by atoms with E-state index in [4.69, 9.17) is 11.6 Å². The van der Waals surface area contributed by atoms with E-state index in [1.807, 2.05) is 0 Å². The normalized spacial score (nSPS) is 11.1. The van der Waals surface area contributed by atoms with Crippen LogP contribution in [0.5, 0.6) is 0 Å². The van der Waals surface area contributed by atoms with Crippen molar-refractivity contribution in [2.24, 2.45) is 0 Å². The number of carbonyl (C=O) groups excluding carboxylic acids is 1. The van der Waals surface area contributed by atoms with Crippen molar-refractivity contribution in [1.29, 1.82) is 0 Å². The summed E-state index contributed by atoms with van der Waals surface area (Å²) in [7, 11) is -4.04. The van der Waals surface area contributed by atoms with E-state index in [-0.39, 0.29) is 33.4 Å². The third-order valence-electron chi connectivity index (χ3n) is 4.75. The molecule has 0 aromatic heterocycles. The second-order valence-corrected chi connectivity index (χ2v) is 9.07. The first-order valence-electron chi connectivity index (χ1n) is 9.59. The Hall–Kier alpha value is -3.43. The fourth-order valence-corrected chi connectivity index (χ4v) is 5.24. The lowest BCUT2D eigenvalue weighted by Crippen LogP contribution is -2.31. The van der Waals surface area contributed by atoms with Gasteiger partial charge in [-0.15, -0.1) is 0 Å². The molecular formula is C22H20ClN3O5S. The number of nitrogens with zero attached hydrogens (tertiary/aromatic N) is 2. The number of nitro groups is 1. The van der Waals surface area contributed by atoms with Gasteiger partial charge in [-0.25, -0.2) is 8.42 Å². The smallest absolute Gasteiger partial charge is 0.285 e. The van der Waals surface area contributed by atoms with E-state index in [0.717, 1.165) is 0 Å². The predicted octanol–water partition coefficient (Wildman–Crippen LogP) is 5.02. The van der Waals surface area contributed by atoms with Gasteiger partial charge in [0.25, 0.3) is 21.6 Å². The van der Waals surface area contributed by atoms with Crippen LogP contribution in [0.4, 0.5) is 17.1 Å². The summed E-state index contributed by atoms with van der Waals surface area (Å²) >= 11 is 6.20. The highest BCUT2D eigenvalue weighted by atomic mass is 35.5. The summed E-state index contributed by atoms with van der Waals surface area (Å²) in [5, 5.41) is 13.9. The third-order valence-corrected chi connectivity index (χ3v) is 7.14. The minimum atomic E-state index is -4.04. The highest BCUT2D eigenvalue weighted by molar-refractivity contribution is 7.93. The van der Waals surface area contributed by atoms with Crippen molar-refractivity contribution in [2.75, 3.05) is 16.2 Å². The lowest BCUT2D eigenvalue weighted by Gasteiger charge is -2.23. The van der Waals surface area contributed by atoms with Gasteiger partial charge in [0.05, 0.1) is 15.6 Å². The summed E-state index contributed by atoms with van der Waals surface area (Å²) < 4.78 is 27.8. The maximum absolute atomic E-state index is 13.3. The molecule has 3 aromatic rings. The number of benzene rings is 3. The van der Waals surface area contributed by atoms with Crippen molar-refractivity contribution < 1.29 is 18.1 Å². The number of para-hydroxylation sites is 2. The standard InChI is InChI=1S/C22H20ClN3O5S/c1-3-25(17-9-5-4-6-10-17)32(30,31)20-14-16(12-13-19(20)23)24-22(27)18-11-7-8-15(2)21(18)26(28)29/h4-14H,3H2,1-2H3,(H,24,27). The van der Waals surface area contributed by atoms with Crippen LogP contribution >= 0.6 is 11.6 Å². The molecule has 0 bridgehead atoms. The van der Waals surface area contributed by atoms with Crippen molar-refractivity contribution >= 4 is 44.6 Å². The summed E-state index contributed by atoms with van der Waals surface area (Å²) in [6.07, 6.45) is 0. The number of rotatable bonds is 7. The van der Waals surface area contributed by atoms with Crippen LogP contribution in [0.3, 0.4) is 0 Å². The largest absolute Gasteiger partial charge is 0.322 e. The maximum atomic E-state index is 13.3. The van der Waals surface area contributed by atoms with Gasteiger partial charge >= 0.3 is 0 Å². The number of nitro benzene ring substituents is 1. The molecular weight excluding hydrogens is 454 g/mol. The molecule has 0 unspecified atom stereocenters. The molecule has 0 aliphatic rings. The second kappa shape index (κ2) is 9.37. The molecule has 0 atom stereocenters. The quantitative estimate of drug-likeness (QED) is 0.382. The minimum absolute atomic E-state index is 0.0149. The zero-order valence-corrected chi connectivity index (χ0v) is 18.9. The molecule has 1 amide bonds. The third kappa shape index (κ3) is 4.58. The molecule has 0 heterocycles. The maximum Gasteiger partial charge on any atom is 0.285 e. The van der Waals surface area contributed by atoms with E-state index in [2.05, 4.69) is 5.32 Å². The number of nitrogens with one attached hydrogen (secondary N) is 1. The Morgan fingerprint density at radius 1 is 1.09 bits per heavy atom. The number of halogens is 1. The number of sulfonamides is 1. The Morgan fingerprint density at radius 2 is 1.78 bits per heavy atom. The van der Waals surface area contributed by atoms with Crippen molar-refractivity contribution in [3.63, 3.8) is 0 Å². The molecule has 1 N–H and O–H groups in total. The topological polar surface area (TPSA) is 110 Å². The first-order valence-corrected chi connectivity index (χ1v) is 11.4. The molecule has 0 saturated heterocycles. The van der Waals surface area contributed by atoms with Gasteiger partial charge in [-0.1, -0.05) is 41.9 Å². The van der Waals surface area contributed by atoms with Crippen LogP contribution in [0.25, 0.3) is 0 Å². The van der Waals surface area contributed by atoms with Crippen LogP contribution < -0.4 is 9.62 Å². The monoisotopic (exact) mass is 473 g/mol. The van der Waals surface area contributed by atoms with E-state index < -0.39 is 20.9 Å². The summed E-state index contributed by atoms with van der Waals surface area (Å²) in [4.78, 5) is 23.3. The van der Waals surface area contributed by atoms with Crippen molar-refractivity contribution in [3.8, 4) is 0 Å². The van der Waals surface area contributed by atoms with E-state index in [1.54, 1.807) is 37.3 Å². The van der Waals surface area contributed by atoms with E-state index in [1.165, 1.54) is 47.6 Å². The Balaban J connectivity index is 1.99. The molecule has 0 radical (unpaired) electrons. The summed E-state index contributed by atoms with van der Waals surface area (Å²) in [6.45, 7) is 3.39. The molecule has 32 heavy (non-hydrogen) atoms. The van der Waals surface area contributed by atoms with Crippen molar-refractivity contribution in [1.82, 2.24) is 0 Å². The molecule has 0 saturated carbocycles. The molecule has 0 spiro atoms.